The first-order valence-electron chi connectivity index (χ1n) is 8.37. The molecule has 0 aromatic heterocycles. The van der Waals surface area contributed by atoms with Crippen molar-refractivity contribution >= 4 is 0 Å². The van der Waals surface area contributed by atoms with Crippen LogP contribution in [0.25, 0.3) is 0 Å². The number of piperidine rings is 1. The fourth-order valence-electron chi connectivity index (χ4n) is 3.83. The summed E-state index contributed by atoms with van der Waals surface area (Å²) in [4.78, 5) is 7.68. The van der Waals surface area contributed by atoms with Gasteiger partial charge in [-0.1, -0.05) is 0 Å². The largest absolute Gasteiger partial charge is 0.395 e. The topological polar surface area (TPSA) is 30.0 Å². The molecular formula is C16H33N3O. The van der Waals surface area contributed by atoms with Gasteiger partial charge in [0.05, 0.1) is 6.61 Å². The average molecular weight is 283 g/mol. The third-order valence-corrected chi connectivity index (χ3v) is 5.18. The summed E-state index contributed by atoms with van der Waals surface area (Å²) in [5.74, 6) is 0. The molecule has 4 heteroatoms. The number of nitrogens with zero attached hydrogens (tertiary/aromatic N) is 3. The van der Waals surface area contributed by atoms with Crippen LogP contribution in [-0.4, -0.2) is 83.3 Å². The molecular weight excluding hydrogens is 250 g/mol. The highest BCUT2D eigenvalue weighted by Gasteiger charge is 2.33. The van der Waals surface area contributed by atoms with Crippen LogP contribution in [0, 0.1) is 0 Å². The molecule has 4 nitrogen and oxygen atoms in total. The van der Waals surface area contributed by atoms with Crippen LogP contribution in [0.3, 0.4) is 0 Å². The first-order valence-corrected chi connectivity index (χ1v) is 8.37. The Labute approximate surface area is 124 Å². The van der Waals surface area contributed by atoms with Crippen LogP contribution in [-0.2, 0) is 0 Å². The zero-order valence-electron chi connectivity index (χ0n) is 13.8. The molecule has 2 saturated heterocycles. The lowest BCUT2D eigenvalue weighted by atomic mass is 9.99. The van der Waals surface area contributed by atoms with E-state index in [1.807, 2.05) is 0 Å². The zero-order valence-corrected chi connectivity index (χ0v) is 13.8. The third kappa shape index (κ3) is 3.73. The summed E-state index contributed by atoms with van der Waals surface area (Å²) in [7, 11) is 0. The van der Waals surface area contributed by atoms with E-state index in [4.69, 9.17) is 0 Å². The van der Waals surface area contributed by atoms with Gasteiger partial charge < -0.3 is 10.0 Å². The highest BCUT2D eigenvalue weighted by Crippen LogP contribution is 2.22. The first-order chi connectivity index (χ1) is 9.52. The molecule has 0 aromatic carbocycles. The summed E-state index contributed by atoms with van der Waals surface area (Å²) in [6.45, 7) is 15.1. The number of rotatable bonds is 4. The first kappa shape index (κ1) is 16.2. The number of hydrogen-bond acceptors (Lipinski definition) is 4. The fourth-order valence-corrected chi connectivity index (χ4v) is 3.83. The summed E-state index contributed by atoms with van der Waals surface area (Å²) in [5, 5.41) is 9.66. The second kappa shape index (κ2) is 7.21. The number of aliphatic hydroxyl groups excluding tert-OH is 1. The van der Waals surface area contributed by atoms with Crippen LogP contribution in [0.5, 0.6) is 0 Å². The normalized spacial score (nSPS) is 28.6. The van der Waals surface area contributed by atoms with E-state index in [9.17, 15) is 5.11 Å². The molecule has 2 aliphatic rings. The predicted molar refractivity (Wildman–Crippen MR) is 84.0 cm³/mol. The molecule has 0 bridgehead atoms. The monoisotopic (exact) mass is 283 g/mol. The second-order valence-corrected chi connectivity index (χ2v) is 7.02. The Balaban J connectivity index is 1.86. The lowest BCUT2D eigenvalue weighted by Crippen LogP contribution is -2.60. The van der Waals surface area contributed by atoms with Crippen molar-refractivity contribution in [3.8, 4) is 0 Å². The van der Waals surface area contributed by atoms with Crippen LogP contribution in [0.1, 0.15) is 40.5 Å². The lowest BCUT2D eigenvalue weighted by molar-refractivity contribution is -0.0108. The molecule has 2 aliphatic heterocycles. The number of aliphatic hydroxyl groups is 1. The molecule has 0 radical (unpaired) electrons. The molecule has 0 aromatic rings. The standard InChI is InChI=1S/C16H33N3O/c1-13(2)17-7-5-15(6-8-17)18-9-10-19(14(3)4)16(11-18)12-20/h13-16,20H,5-12H2,1-4H3/t16-/m0/s1. The summed E-state index contributed by atoms with van der Waals surface area (Å²) in [6, 6.07) is 2.27. The molecule has 1 N–H and O–H groups in total. The van der Waals surface area contributed by atoms with Gasteiger partial charge in [0.25, 0.3) is 0 Å². The summed E-state index contributed by atoms with van der Waals surface area (Å²) < 4.78 is 0. The van der Waals surface area contributed by atoms with Gasteiger partial charge in [0, 0.05) is 43.8 Å². The van der Waals surface area contributed by atoms with Gasteiger partial charge in [0.15, 0.2) is 0 Å². The Morgan fingerprint density at radius 2 is 1.60 bits per heavy atom. The Bertz CT molecular complexity index is 287. The van der Waals surface area contributed by atoms with Crippen molar-refractivity contribution in [1.29, 1.82) is 0 Å². The minimum atomic E-state index is 0.291. The Morgan fingerprint density at radius 1 is 0.950 bits per heavy atom. The smallest absolute Gasteiger partial charge is 0.0599 e. The lowest BCUT2D eigenvalue weighted by Gasteiger charge is -2.47. The van der Waals surface area contributed by atoms with E-state index < -0.39 is 0 Å². The predicted octanol–water partition coefficient (Wildman–Crippen LogP) is 1.25. The molecule has 2 fully saturated rings. The van der Waals surface area contributed by atoms with Crippen molar-refractivity contribution in [2.45, 2.75) is 64.7 Å². The van der Waals surface area contributed by atoms with E-state index in [1.165, 1.54) is 32.5 Å². The maximum Gasteiger partial charge on any atom is 0.0599 e. The molecule has 0 amide bonds. The minimum Gasteiger partial charge on any atom is -0.395 e. The molecule has 20 heavy (non-hydrogen) atoms. The van der Waals surface area contributed by atoms with E-state index >= 15 is 0 Å². The van der Waals surface area contributed by atoms with Gasteiger partial charge in [0.2, 0.25) is 0 Å². The Hall–Kier alpha value is -0.160. The summed E-state index contributed by atoms with van der Waals surface area (Å²) in [6.07, 6.45) is 2.58. The van der Waals surface area contributed by atoms with Crippen LogP contribution in [0.4, 0.5) is 0 Å². The quantitative estimate of drug-likeness (QED) is 0.841. The number of hydrogen-bond donors (Lipinski definition) is 1. The van der Waals surface area contributed by atoms with Gasteiger partial charge in [0.1, 0.15) is 0 Å². The molecule has 2 rings (SSSR count). The van der Waals surface area contributed by atoms with Crippen molar-refractivity contribution in [3.05, 3.63) is 0 Å². The van der Waals surface area contributed by atoms with E-state index in [0.717, 1.165) is 19.1 Å². The summed E-state index contributed by atoms with van der Waals surface area (Å²) in [5.41, 5.74) is 0. The van der Waals surface area contributed by atoms with E-state index in [0.29, 0.717) is 24.7 Å². The number of piperazine rings is 1. The molecule has 2 heterocycles. The number of likely N-dealkylation sites (tertiary alicyclic amines) is 1. The highest BCUT2D eigenvalue weighted by molar-refractivity contribution is 4.89. The Morgan fingerprint density at radius 3 is 2.10 bits per heavy atom. The fraction of sp³-hybridized carbons (Fsp3) is 1.00. The molecule has 0 spiro atoms. The van der Waals surface area contributed by atoms with Gasteiger partial charge in [-0.2, -0.15) is 0 Å². The summed E-state index contributed by atoms with van der Waals surface area (Å²) >= 11 is 0. The van der Waals surface area contributed by atoms with Crippen molar-refractivity contribution in [3.63, 3.8) is 0 Å². The second-order valence-electron chi connectivity index (χ2n) is 7.02. The van der Waals surface area contributed by atoms with Gasteiger partial charge in [-0.15, -0.1) is 0 Å². The molecule has 0 unspecified atom stereocenters. The van der Waals surface area contributed by atoms with Crippen LogP contribution in [0.15, 0.2) is 0 Å². The van der Waals surface area contributed by atoms with E-state index in [-0.39, 0.29) is 0 Å². The van der Waals surface area contributed by atoms with Gasteiger partial charge in [-0.25, -0.2) is 0 Å². The maximum atomic E-state index is 9.66. The van der Waals surface area contributed by atoms with Crippen molar-refractivity contribution in [2.24, 2.45) is 0 Å². The van der Waals surface area contributed by atoms with Crippen molar-refractivity contribution in [2.75, 3.05) is 39.3 Å². The van der Waals surface area contributed by atoms with Crippen molar-refractivity contribution in [1.82, 2.24) is 14.7 Å². The van der Waals surface area contributed by atoms with E-state index in [2.05, 4.69) is 42.4 Å². The van der Waals surface area contributed by atoms with Crippen LogP contribution >= 0.6 is 0 Å². The Kier molecular flexibility index (Phi) is 5.84. The molecule has 1 atom stereocenters. The van der Waals surface area contributed by atoms with Crippen LogP contribution < -0.4 is 0 Å². The molecule has 0 saturated carbocycles. The minimum absolute atomic E-state index is 0.291. The van der Waals surface area contributed by atoms with Gasteiger partial charge in [-0.3, -0.25) is 9.80 Å². The zero-order chi connectivity index (χ0) is 14.7. The van der Waals surface area contributed by atoms with Crippen molar-refractivity contribution < 1.29 is 5.11 Å². The third-order valence-electron chi connectivity index (χ3n) is 5.18. The average Bonchev–Trinajstić information content (AvgIpc) is 2.46. The maximum absolute atomic E-state index is 9.66. The van der Waals surface area contributed by atoms with Crippen LogP contribution in [0.2, 0.25) is 0 Å². The van der Waals surface area contributed by atoms with E-state index in [1.54, 1.807) is 0 Å². The molecule has 118 valence electrons. The SMILES string of the molecule is CC(C)N1CCC(N2CCN(C(C)C)[C@H](CO)C2)CC1. The molecule has 0 aliphatic carbocycles. The van der Waals surface area contributed by atoms with Gasteiger partial charge >= 0.3 is 0 Å². The highest BCUT2D eigenvalue weighted by atomic mass is 16.3. The van der Waals surface area contributed by atoms with Gasteiger partial charge in [-0.05, 0) is 53.6 Å².